The molecule has 3 rings (SSSR count). The van der Waals surface area contributed by atoms with E-state index in [1.807, 2.05) is 12.1 Å². The number of ether oxygens (including phenoxy) is 1. The van der Waals surface area contributed by atoms with Crippen LogP contribution in [0, 0.1) is 5.82 Å². The lowest BCUT2D eigenvalue weighted by Crippen LogP contribution is -2.42. The monoisotopic (exact) mass is 337 g/mol. The molecule has 0 aromatic heterocycles. The van der Waals surface area contributed by atoms with Crippen molar-refractivity contribution in [3.63, 3.8) is 0 Å². The second-order valence-corrected chi connectivity index (χ2v) is 6.90. The number of halogens is 1. The van der Waals surface area contributed by atoms with Crippen molar-refractivity contribution in [3.8, 4) is 0 Å². The Balaban J connectivity index is 1.65. The van der Waals surface area contributed by atoms with Gasteiger partial charge >= 0.3 is 0 Å². The highest BCUT2D eigenvalue weighted by Gasteiger charge is 2.18. The normalized spacial score (nSPS) is 19.4. The summed E-state index contributed by atoms with van der Waals surface area (Å²) in [4.78, 5) is 9.30. The van der Waals surface area contributed by atoms with Crippen LogP contribution in [0.15, 0.2) is 29.3 Å². The van der Waals surface area contributed by atoms with Crippen LogP contribution in [0.1, 0.15) is 12.0 Å². The molecule has 2 aliphatic rings. The third kappa shape index (κ3) is 4.93. The van der Waals surface area contributed by atoms with Crippen LogP contribution in [0.25, 0.3) is 0 Å². The largest absolute Gasteiger partial charge is 0.379 e. The molecule has 1 aromatic rings. The van der Waals surface area contributed by atoms with Gasteiger partial charge in [-0.05, 0) is 12.5 Å². The summed E-state index contributed by atoms with van der Waals surface area (Å²) in [6, 6.07) is 7.04. The SMILES string of the molecule is Fc1ccccc1CN(CCN1CCOCC1)C1=NCCCS1. The van der Waals surface area contributed by atoms with Gasteiger partial charge in [0.25, 0.3) is 0 Å². The Morgan fingerprint density at radius 1 is 1.26 bits per heavy atom. The maximum Gasteiger partial charge on any atom is 0.159 e. The molecule has 0 bridgehead atoms. The van der Waals surface area contributed by atoms with Crippen LogP contribution in [-0.4, -0.2) is 66.7 Å². The Morgan fingerprint density at radius 3 is 2.83 bits per heavy atom. The minimum Gasteiger partial charge on any atom is -0.379 e. The second kappa shape index (κ2) is 8.66. The summed E-state index contributed by atoms with van der Waals surface area (Å²) in [5, 5.41) is 1.06. The maximum atomic E-state index is 14.0. The molecule has 0 aliphatic carbocycles. The Bertz CT molecular complexity index is 534. The summed E-state index contributed by atoms with van der Waals surface area (Å²) < 4.78 is 19.4. The zero-order valence-corrected chi connectivity index (χ0v) is 14.2. The first-order chi connectivity index (χ1) is 11.3. The Labute approximate surface area is 141 Å². The molecule has 23 heavy (non-hydrogen) atoms. The molecule has 126 valence electrons. The molecule has 1 aromatic carbocycles. The molecule has 0 radical (unpaired) electrons. The van der Waals surface area contributed by atoms with Gasteiger partial charge in [-0.25, -0.2) is 4.39 Å². The van der Waals surface area contributed by atoms with Crippen LogP contribution >= 0.6 is 11.8 Å². The van der Waals surface area contributed by atoms with Gasteiger partial charge in [-0.3, -0.25) is 9.89 Å². The number of amidine groups is 1. The summed E-state index contributed by atoms with van der Waals surface area (Å²) in [5.74, 6) is 0.967. The zero-order valence-electron chi connectivity index (χ0n) is 13.4. The first-order valence-corrected chi connectivity index (χ1v) is 9.27. The lowest BCUT2D eigenvalue weighted by molar-refractivity contribution is 0.0358. The van der Waals surface area contributed by atoms with Gasteiger partial charge in [-0.1, -0.05) is 30.0 Å². The highest BCUT2D eigenvalue weighted by atomic mass is 32.2. The molecule has 0 N–H and O–H groups in total. The standard InChI is InChI=1S/C17H24FN3OS/c18-16-5-2-1-4-15(16)14-21(17-19-6-3-13-23-17)8-7-20-9-11-22-12-10-20/h1-2,4-5H,3,6-14H2. The van der Waals surface area contributed by atoms with Crippen LogP contribution in [-0.2, 0) is 11.3 Å². The summed E-state index contributed by atoms with van der Waals surface area (Å²) in [5.41, 5.74) is 0.739. The molecule has 0 amide bonds. The van der Waals surface area contributed by atoms with E-state index in [0.29, 0.717) is 6.54 Å². The Morgan fingerprint density at radius 2 is 2.09 bits per heavy atom. The van der Waals surface area contributed by atoms with E-state index in [2.05, 4.69) is 14.8 Å². The Hall–Kier alpha value is -1.11. The van der Waals surface area contributed by atoms with Gasteiger partial charge in [-0.15, -0.1) is 0 Å². The van der Waals surface area contributed by atoms with Gasteiger partial charge in [0.05, 0.1) is 13.2 Å². The summed E-state index contributed by atoms with van der Waals surface area (Å²) >= 11 is 1.79. The van der Waals surface area contributed by atoms with Crippen molar-refractivity contribution in [1.29, 1.82) is 0 Å². The van der Waals surface area contributed by atoms with Crippen LogP contribution in [0.4, 0.5) is 4.39 Å². The molecule has 0 saturated carbocycles. The molecule has 0 atom stereocenters. The van der Waals surface area contributed by atoms with Crippen molar-refractivity contribution < 1.29 is 9.13 Å². The van der Waals surface area contributed by atoms with Gasteiger partial charge < -0.3 is 9.64 Å². The van der Waals surface area contributed by atoms with E-state index < -0.39 is 0 Å². The molecular formula is C17H24FN3OS. The van der Waals surface area contributed by atoms with Crippen molar-refractivity contribution in [2.24, 2.45) is 4.99 Å². The average molecular weight is 337 g/mol. The van der Waals surface area contributed by atoms with Gasteiger partial charge in [0.1, 0.15) is 5.82 Å². The van der Waals surface area contributed by atoms with Crippen LogP contribution in [0.2, 0.25) is 0 Å². The van der Waals surface area contributed by atoms with Gasteiger partial charge in [-0.2, -0.15) is 0 Å². The second-order valence-electron chi connectivity index (χ2n) is 5.83. The van der Waals surface area contributed by atoms with Gasteiger partial charge in [0.2, 0.25) is 0 Å². The predicted octanol–water partition coefficient (Wildman–Crippen LogP) is 2.45. The van der Waals surface area contributed by atoms with Crippen molar-refractivity contribution in [3.05, 3.63) is 35.6 Å². The molecule has 0 unspecified atom stereocenters. The molecule has 1 saturated heterocycles. The molecule has 1 fully saturated rings. The fraction of sp³-hybridized carbons (Fsp3) is 0.588. The number of aliphatic imine (C=N–C) groups is 1. The van der Waals surface area contributed by atoms with E-state index in [4.69, 9.17) is 4.74 Å². The molecule has 4 nitrogen and oxygen atoms in total. The zero-order chi connectivity index (χ0) is 15.9. The minimum absolute atomic E-state index is 0.134. The molecular weight excluding hydrogens is 313 g/mol. The predicted molar refractivity (Wildman–Crippen MR) is 93.4 cm³/mol. The van der Waals surface area contributed by atoms with Gasteiger partial charge in [0, 0.05) is 50.6 Å². The molecule has 6 heteroatoms. The van der Waals surface area contributed by atoms with E-state index in [1.165, 1.54) is 6.07 Å². The van der Waals surface area contributed by atoms with Crippen molar-refractivity contribution in [1.82, 2.24) is 9.80 Å². The molecule has 0 spiro atoms. The van der Waals surface area contributed by atoms with E-state index in [-0.39, 0.29) is 5.82 Å². The van der Waals surface area contributed by atoms with E-state index in [1.54, 1.807) is 17.8 Å². The number of benzene rings is 1. The summed E-state index contributed by atoms with van der Waals surface area (Å²) in [6.45, 7) is 6.89. The minimum atomic E-state index is -0.134. The quantitative estimate of drug-likeness (QED) is 0.825. The third-order valence-corrected chi connectivity index (χ3v) is 5.30. The lowest BCUT2D eigenvalue weighted by atomic mass is 10.2. The Kier molecular flexibility index (Phi) is 6.30. The van der Waals surface area contributed by atoms with Crippen LogP contribution in [0.3, 0.4) is 0 Å². The highest BCUT2D eigenvalue weighted by molar-refractivity contribution is 8.13. The van der Waals surface area contributed by atoms with Gasteiger partial charge in [0.15, 0.2) is 5.17 Å². The average Bonchev–Trinajstić information content (AvgIpc) is 2.62. The van der Waals surface area contributed by atoms with Crippen LogP contribution in [0.5, 0.6) is 0 Å². The van der Waals surface area contributed by atoms with E-state index in [9.17, 15) is 4.39 Å². The van der Waals surface area contributed by atoms with E-state index >= 15 is 0 Å². The maximum absolute atomic E-state index is 14.0. The number of thioether (sulfide) groups is 1. The number of hydrogen-bond donors (Lipinski definition) is 0. The lowest BCUT2D eigenvalue weighted by Gasteiger charge is -2.32. The first-order valence-electron chi connectivity index (χ1n) is 8.28. The van der Waals surface area contributed by atoms with Crippen molar-refractivity contribution in [2.45, 2.75) is 13.0 Å². The highest BCUT2D eigenvalue weighted by Crippen LogP contribution is 2.19. The van der Waals surface area contributed by atoms with Crippen LogP contribution < -0.4 is 0 Å². The number of rotatable bonds is 5. The number of morpholine rings is 1. The third-order valence-electron chi connectivity index (χ3n) is 4.16. The van der Waals surface area contributed by atoms with Crippen molar-refractivity contribution >= 4 is 16.9 Å². The summed E-state index contributed by atoms with van der Waals surface area (Å²) in [7, 11) is 0. The topological polar surface area (TPSA) is 28.1 Å². The molecule has 2 aliphatic heterocycles. The van der Waals surface area contributed by atoms with E-state index in [0.717, 1.165) is 68.8 Å². The number of hydrogen-bond acceptors (Lipinski definition) is 5. The van der Waals surface area contributed by atoms with Crippen molar-refractivity contribution in [2.75, 3.05) is 51.7 Å². The fourth-order valence-electron chi connectivity index (χ4n) is 2.80. The summed E-state index contributed by atoms with van der Waals surface area (Å²) in [6.07, 6.45) is 1.13. The number of nitrogens with zero attached hydrogens (tertiary/aromatic N) is 3. The smallest absolute Gasteiger partial charge is 0.159 e. The fourth-order valence-corrected chi connectivity index (χ4v) is 3.78. The molecule has 2 heterocycles. The first kappa shape index (κ1) is 16.7.